The zero-order chi connectivity index (χ0) is 9.26. The molecule has 0 saturated carbocycles. The first-order chi connectivity index (χ1) is 6.25. The number of nitrogens with two attached hydrogens (primary N) is 1. The van der Waals surface area contributed by atoms with E-state index in [1.165, 1.54) is 0 Å². The molecule has 1 aliphatic heterocycles. The zero-order valence-corrected chi connectivity index (χ0v) is 7.22. The predicted octanol–water partition coefficient (Wildman–Crippen LogP) is -0.370. The van der Waals surface area contributed by atoms with E-state index < -0.39 is 0 Å². The summed E-state index contributed by atoms with van der Waals surface area (Å²) < 4.78 is 0. The maximum Gasteiger partial charge on any atom is 0.151 e. The van der Waals surface area contributed by atoms with Gasteiger partial charge in [0.15, 0.2) is 5.82 Å². The third-order valence-corrected chi connectivity index (χ3v) is 2.16. The van der Waals surface area contributed by atoms with Gasteiger partial charge in [-0.3, -0.25) is 0 Å². The van der Waals surface area contributed by atoms with Gasteiger partial charge in [0.05, 0.1) is 6.10 Å². The SMILES string of the molecule is Nc1ccc(N2CC[C@@H](O)C2)nn1. The Bertz CT molecular complexity index is 287. The first kappa shape index (κ1) is 8.25. The molecule has 0 aliphatic carbocycles. The fourth-order valence-corrected chi connectivity index (χ4v) is 1.45. The van der Waals surface area contributed by atoms with Crippen molar-refractivity contribution in [2.24, 2.45) is 0 Å². The molecule has 0 aromatic carbocycles. The van der Waals surface area contributed by atoms with Crippen molar-refractivity contribution in [3.8, 4) is 0 Å². The first-order valence-electron chi connectivity index (χ1n) is 4.28. The van der Waals surface area contributed by atoms with Crippen molar-refractivity contribution in [3.05, 3.63) is 12.1 Å². The van der Waals surface area contributed by atoms with Gasteiger partial charge in [-0.05, 0) is 18.6 Å². The fraction of sp³-hybridized carbons (Fsp3) is 0.500. The molecule has 0 radical (unpaired) electrons. The lowest BCUT2D eigenvalue weighted by Crippen LogP contribution is -2.22. The second-order valence-electron chi connectivity index (χ2n) is 3.20. The average molecular weight is 180 g/mol. The van der Waals surface area contributed by atoms with Crippen LogP contribution in [0.5, 0.6) is 0 Å². The van der Waals surface area contributed by atoms with Crippen LogP contribution in [0.3, 0.4) is 0 Å². The van der Waals surface area contributed by atoms with Gasteiger partial charge >= 0.3 is 0 Å². The summed E-state index contributed by atoms with van der Waals surface area (Å²) in [5.74, 6) is 1.20. The van der Waals surface area contributed by atoms with Crippen molar-refractivity contribution in [3.63, 3.8) is 0 Å². The van der Waals surface area contributed by atoms with Gasteiger partial charge < -0.3 is 15.7 Å². The van der Waals surface area contributed by atoms with E-state index in [1.54, 1.807) is 6.07 Å². The van der Waals surface area contributed by atoms with Crippen LogP contribution in [-0.4, -0.2) is 34.5 Å². The van der Waals surface area contributed by atoms with Gasteiger partial charge in [-0.2, -0.15) is 0 Å². The highest BCUT2D eigenvalue weighted by atomic mass is 16.3. The van der Waals surface area contributed by atoms with E-state index in [9.17, 15) is 5.11 Å². The molecule has 1 aliphatic rings. The molecule has 5 heteroatoms. The lowest BCUT2D eigenvalue weighted by Gasteiger charge is -2.14. The summed E-state index contributed by atoms with van der Waals surface area (Å²) >= 11 is 0. The van der Waals surface area contributed by atoms with Crippen LogP contribution in [0.1, 0.15) is 6.42 Å². The van der Waals surface area contributed by atoms with E-state index in [0.717, 1.165) is 18.8 Å². The number of aromatic nitrogens is 2. The van der Waals surface area contributed by atoms with Crippen molar-refractivity contribution >= 4 is 11.6 Å². The highest BCUT2D eigenvalue weighted by molar-refractivity contribution is 5.42. The number of hydrogen-bond donors (Lipinski definition) is 2. The predicted molar refractivity (Wildman–Crippen MR) is 49.3 cm³/mol. The van der Waals surface area contributed by atoms with Gasteiger partial charge in [0, 0.05) is 13.1 Å². The highest BCUT2D eigenvalue weighted by Gasteiger charge is 2.21. The molecule has 0 unspecified atom stereocenters. The minimum atomic E-state index is -0.237. The summed E-state index contributed by atoms with van der Waals surface area (Å²) in [7, 11) is 0. The second-order valence-corrected chi connectivity index (χ2v) is 3.20. The molecule has 0 spiro atoms. The minimum Gasteiger partial charge on any atom is -0.391 e. The Labute approximate surface area is 76.2 Å². The van der Waals surface area contributed by atoms with E-state index in [-0.39, 0.29) is 6.10 Å². The Morgan fingerprint density at radius 1 is 1.46 bits per heavy atom. The largest absolute Gasteiger partial charge is 0.391 e. The first-order valence-corrected chi connectivity index (χ1v) is 4.28. The van der Waals surface area contributed by atoms with E-state index in [2.05, 4.69) is 10.2 Å². The zero-order valence-electron chi connectivity index (χ0n) is 7.22. The molecular weight excluding hydrogens is 168 g/mol. The molecule has 1 aromatic heterocycles. The smallest absolute Gasteiger partial charge is 0.151 e. The molecule has 2 rings (SSSR count). The van der Waals surface area contributed by atoms with E-state index in [4.69, 9.17) is 5.73 Å². The number of hydrogen-bond acceptors (Lipinski definition) is 5. The van der Waals surface area contributed by atoms with E-state index in [1.807, 2.05) is 11.0 Å². The number of rotatable bonds is 1. The van der Waals surface area contributed by atoms with Crippen molar-refractivity contribution in [2.45, 2.75) is 12.5 Å². The molecule has 3 N–H and O–H groups in total. The van der Waals surface area contributed by atoms with Crippen LogP contribution in [0.2, 0.25) is 0 Å². The maximum absolute atomic E-state index is 9.30. The molecule has 2 heterocycles. The lowest BCUT2D eigenvalue weighted by molar-refractivity contribution is 0.198. The van der Waals surface area contributed by atoms with Gasteiger partial charge in [0.25, 0.3) is 0 Å². The quantitative estimate of drug-likeness (QED) is 0.616. The van der Waals surface area contributed by atoms with Crippen molar-refractivity contribution in [1.29, 1.82) is 0 Å². The Balaban J connectivity index is 2.13. The molecule has 0 bridgehead atoms. The molecule has 0 amide bonds. The third-order valence-electron chi connectivity index (χ3n) is 2.16. The van der Waals surface area contributed by atoms with Crippen molar-refractivity contribution in [1.82, 2.24) is 10.2 Å². The molecule has 13 heavy (non-hydrogen) atoms. The molecule has 1 saturated heterocycles. The summed E-state index contributed by atoms with van der Waals surface area (Å²) in [6.07, 6.45) is 0.561. The van der Waals surface area contributed by atoms with Crippen LogP contribution in [0.15, 0.2) is 12.1 Å². The Morgan fingerprint density at radius 3 is 2.85 bits per heavy atom. The Kier molecular flexibility index (Phi) is 2.02. The standard InChI is InChI=1S/C8H12N4O/c9-7-1-2-8(11-10-7)12-4-3-6(13)5-12/h1-2,6,13H,3-5H2,(H2,9,10)/t6-/m1/s1. The maximum atomic E-state index is 9.30. The minimum absolute atomic E-state index is 0.237. The van der Waals surface area contributed by atoms with E-state index >= 15 is 0 Å². The monoisotopic (exact) mass is 180 g/mol. The van der Waals surface area contributed by atoms with Crippen LogP contribution in [0.25, 0.3) is 0 Å². The Morgan fingerprint density at radius 2 is 2.31 bits per heavy atom. The summed E-state index contributed by atoms with van der Waals surface area (Å²) in [4.78, 5) is 2.00. The van der Waals surface area contributed by atoms with Crippen molar-refractivity contribution < 1.29 is 5.11 Å². The Hall–Kier alpha value is -1.36. The number of β-amino-alcohol motifs (C(OH)–C–C–N with tert-alkyl or cyclic N) is 1. The molecule has 5 nitrogen and oxygen atoms in total. The lowest BCUT2D eigenvalue weighted by atomic mass is 10.3. The molecule has 1 aromatic rings. The van der Waals surface area contributed by atoms with Gasteiger partial charge in [0.1, 0.15) is 5.82 Å². The number of aliphatic hydroxyl groups is 1. The third kappa shape index (κ3) is 1.70. The van der Waals surface area contributed by atoms with Gasteiger partial charge in [-0.15, -0.1) is 10.2 Å². The summed E-state index contributed by atoms with van der Waals surface area (Å²) in [6.45, 7) is 1.47. The van der Waals surface area contributed by atoms with Gasteiger partial charge in [-0.1, -0.05) is 0 Å². The second kappa shape index (κ2) is 3.18. The highest BCUT2D eigenvalue weighted by Crippen LogP contribution is 2.17. The molecular formula is C8H12N4O. The summed E-state index contributed by atoms with van der Waals surface area (Å²) in [5, 5.41) is 17.0. The number of aliphatic hydroxyl groups excluding tert-OH is 1. The van der Waals surface area contributed by atoms with E-state index in [0.29, 0.717) is 12.4 Å². The topological polar surface area (TPSA) is 75.3 Å². The molecule has 1 atom stereocenters. The molecule has 70 valence electrons. The van der Waals surface area contributed by atoms with Gasteiger partial charge in [-0.25, -0.2) is 0 Å². The van der Waals surface area contributed by atoms with Crippen molar-refractivity contribution in [2.75, 3.05) is 23.7 Å². The van der Waals surface area contributed by atoms with Crippen LogP contribution in [0.4, 0.5) is 11.6 Å². The number of nitrogens with zero attached hydrogens (tertiary/aromatic N) is 3. The normalized spacial score (nSPS) is 22.2. The number of nitrogen functional groups attached to an aromatic ring is 1. The fourth-order valence-electron chi connectivity index (χ4n) is 1.45. The molecule has 1 fully saturated rings. The van der Waals surface area contributed by atoms with Crippen LogP contribution < -0.4 is 10.6 Å². The van der Waals surface area contributed by atoms with Crippen LogP contribution in [0, 0.1) is 0 Å². The number of anilines is 2. The summed E-state index contributed by atoms with van der Waals surface area (Å²) in [5.41, 5.74) is 5.41. The van der Waals surface area contributed by atoms with Crippen LogP contribution >= 0.6 is 0 Å². The summed E-state index contributed by atoms with van der Waals surface area (Å²) in [6, 6.07) is 3.54. The van der Waals surface area contributed by atoms with Crippen LogP contribution in [-0.2, 0) is 0 Å². The average Bonchev–Trinajstić information content (AvgIpc) is 2.53. The van der Waals surface area contributed by atoms with Gasteiger partial charge in [0.2, 0.25) is 0 Å².